The quantitative estimate of drug-likeness (QED) is 0.604. The van der Waals surface area contributed by atoms with Crippen molar-refractivity contribution in [2.24, 2.45) is 5.92 Å². The second kappa shape index (κ2) is 5.32. The fraction of sp³-hybridized carbons (Fsp3) is 0.684. The smallest absolute Gasteiger partial charge is 0.349 e. The van der Waals surface area contributed by atoms with Gasteiger partial charge < -0.3 is 8.85 Å². The first-order chi connectivity index (χ1) is 10.5. The highest BCUT2D eigenvalue weighted by Crippen LogP contribution is 2.61. The molecule has 2 nitrogen and oxygen atoms in total. The van der Waals surface area contributed by atoms with Crippen LogP contribution in [0.2, 0.25) is 15.1 Å². The predicted molar refractivity (Wildman–Crippen MR) is 98.3 cm³/mol. The molecule has 23 heavy (non-hydrogen) atoms. The van der Waals surface area contributed by atoms with Crippen molar-refractivity contribution in [2.45, 2.75) is 63.5 Å². The highest BCUT2D eigenvalue weighted by molar-refractivity contribution is 6.73. The molecule has 0 radical (unpaired) electrons. The van der Waals surface area contributed by atoms with Crippen molar-refractivity contribution in [3.05, 3.63) is 34.9 Å². The monoisotopic (exact) mass is 352 g/mol. The van der Waals surface area contributed by atoms with E-state index in [-0.39, 0.29) is 15.5 Å². The van der Waals surface area contributed by atoms with Crippen LogP contribution >= 0.6 is 11.6 Å². The van der Waals surface area contributed by atoms with Gasteiger partial charge in [0.2, 0.25) is 0 Å². The van der Waals surface area contributed by atoms with Gasteiger partial charge in [-0.05, 0) is 30.0 Å². The van der Waals surface area contributed by atoms with Gasteiger partial charge in [-0.1, -0.05) is 65.3 Å². The number of fused-ring (bicyclic) bond motifs is 1. The fourth-order valence-electron chi connectivity index (χ4n) is 4.48. The summed E-state index contributed by atoms with van der Waals surface area (Å²) in [4.78, 5) is 0. The van der Waals surface area contributed by atoms with E-state index in [0.717, 1.165) is 24.7 Å². The van der Waals surface area contributed by atoms with E-state index in [1.807, 2.05) is 12.1 Å². The second-order valence-electron chi connectivity index (χ2n) is 9.28. The summed E-state index contributed by atoms with van der Waals surface area (Å²) < 4.78 is 13.4. The molecule has 1 aliphatic heterocycles. The van der Waals surface area contributed by atoms with Crippen molar-refractivity contribution in [3.8, 4) is 0 Å². The lowest BCUT2D eigenvalue weighted by Crippen LogP contribution is -2.57. The van der Waals surface area contributed by atoms with Gasteiger partial charge in [-0.15, -0.1) is 0 Å². The molecule has 0 aromatic heterocycles. The molecular weight excluding hydrogens is 324 g/mol. The molecule has 1 aromatic rings. The Labute approximate surface area is 146 Å². The van der Waals surface area contributed by atoms with Crippen molar-refractivity contribution in [3.63, 3.8) is 0 Å². The average Bonchev–Trinajstić information content (AvgIpc) is 3.11. The number of rotatable bonds is 1. The molecule has 1 saturated carbocycles. The number of hydrogen-bond acceptors (Lipinski definition) is 2. The predicted octanol–water partition coefficient (Wildman–Crippen LogP) is 5.69. The maximum atomic E-state index is 6.75. The minimum Gasteiger partial charge on any atom is -0.393 e. The summed E-state index contributed by atoms with van der Waals surface area (Å²) in [6.07, 6.45) is 1.16. The van der Waals surface area contributed by atoms with Crippen LogP contribution in [0.5, 0.6) is 0 Å². The molecule has 2 fully saturated rings. The average molecular weight is 353 g/mol. The first kappa shape index (κ1) is 17.5. The molecule has 2 atom stereocenters. The second-order valence-corrected chi connectivity index (χ2v) is 14.5. The summed E-state index contributed by atoms with van der Waals surface area (Å²) in [7, 11) is -2.36. The molecule has 1 saturated heterocycles. The lowest BCUT2D eigenvalue weighted by atomic mass is 9.94. The van der Waals surface area contributed by atoms with Crippen LogP contribution in [0.1, 0.15) is 53.5 Å². The summed E-state index contributed by atoms with van der Waals surface area (Å²) in [5, 5.41) is 0.883. The normalized spacial score (nSPS) is 30.5. The molecule has 4 heteroatoms. The van der Waals surface area contributed by atoms with E-state index in [9.17, 15) is 0 Å². The third-order valence-electron chi connectivity index (χ3n) is 5.65. The Bertz CT molecular complexity index is 571. The zero-order valence-corrected chi connectivity index (χ0v) is 17.0. The van der Waals surface area contributed by atoms with Crippen molar-refractivity contribution < 1.29 is 8.85 Å². The SMILES string of the molecule is CC(C)(C)[Si]1(C(C)(C)C)OCC2CC2(c2ccc(Cl)cc2)CO1. The van der Waals surface area contributed by atoms with Crippen molar-refractivity contribution in [2.75, 3.05) is 13.2 Å². The van der Waals surface area contributed by atoms with Crippen LogP contribution in [-0.2, 0) is 14.3 Å². The first-order valence-electron chi connectivity index (χ1n) is 8.56. The van der Waals surface area contributed by atoms with Crippen LogP contribution in [0, 0.1) is 5.92 Å². The lowest BCUT2D eigenvalue weighted by molar-refractivity contribution is 0.137. The Morgan fingerprint density at radius 1 is 1.00 bits per heavy atom. The van der Waals surface area contributed by atoms with E-state index in [2.05, 4.69) is 53.7 Å². The molecule has 1 aromatic carbocycles. The molecule has 2 unspecified atom stereocenters. The molecule has 1 heterocycles. The Hall–Kier alpha value is -0.353. The van der Waals surface area contributed by atoms with Crippen LogP contribution in [-0.4, -0.2) is 21.8 Å². The number of halogens is 1. The van der Waals surface area contributed by atoms with Gasteiger partial charge in [-0.2, -0.15) is 0 Å². The third kappa shape index (κ3) is 2.70. The van der Waals surface area contributed by atoms with Crippen molar-refractivity contribution >= 4 is 20.2 Å². The molecule has 1 aliphatic carbocycles. The minimum atomic E-state index is -2.36. The van der Waals surface area contributed by atoms with E-state index >= 15 is 0 Å². The Kier molecular flexibility index (Phi) is 4.04. The fourth-order valence-corrected chi connectivity index (χ4v) is 9.56. The van der Waals surface area contributed by atoms with E-state index in [1.54, 1.807) is 0 Å². The molecule has 2 aliphatic rings. The third-order valence-corrected chi connectivity index (χ3v) is 11.0. The van der Waals surface area contributed by atoms with Crippen LogP contribution in [0.25, 0.3) is 0 Å². The maximum Gasteiger partial charge on any atom is 0.349 e. The van der Waals surface area contributed by atoms with E-state index < -0.39 is 8.56 Å². The summed E-state index contributed by atoms with van der Waals surface area (Å²) in [5.41, 5.74) is 1.48. The molecular formula is C19H29ClO2Si. The van der Waals surface area contributed by atoms with Gasteiger partial charge in [0.1, 0.15) is 0 Å². The molecule has 0 spiro atoms. The van der Waals surface area contributed by atoms with Gasteiger partial charge in [-0.3, -0.25) is 0 Å². The van der Waals surface area contributed by atoms with Crippen molar-refractivity contribution in [1.82, 2.24) is 0 Å². The first-order valence-corrected chi connectivity index (χ1v) is 10.8. The van der Waals surface area contributed by atoms with Crippen LogP contribution in [0.3, 0.4) is 0 Å². The van der Waals surface area contributed by atoms with Gasteiger partial charge in [0.25, 0.3) is 0 Å². The maximum absolute atomic E-state index is 6.75. The van der Waals surface area contributed by atoms with Gasteiger partial charge in [0, 0.05) is 33.7 Å². The zero-order valence-electron chi connectivity index (χ0n) is 15.2. The lowest BCUT2D eigenvalue weighted by Gasteiger charge is -2.48. The molecule has 0 amide bonds. The zero-order chi connectivity index (χ0) is 17.1. The molecule has 0 N–H and O–H groups in total. The molecule has 128 valence electrons. The Morgan fingerprint density at radius 3 is 2.09 bits per heavy atom. The molecule has 0 bridgehead atoms. The Balaban J connectivity index is 1.92. The summed E-state index contributed by atoms with van der Waals surface area (Å²) in [5.74, 6) is 0.572. The highest BCUT2D eigenvalue weighted by atomic mass is 35.5. The van der Waals surface area contributed by atoms with Crippen molar-refractivity contribution in [1.29, 1.82) is 0 Å². The van der Waals surface area contributed by atoms with Gasteiger partial charge in [-0.25, -0.2) is 0 Å². The van der Waals surface area contributed by atoms with E-state index in [1.165, 1.54) is 5.56 Å². The van der Waals surface area contributed by atoms with Gasteiger partial charge >= 0.3 is 8.56 Å². The van der Waals surface area contributed by atoms with Crippen LogP contribution in [0.15, 0.2) is 24.3 Å². The molecule has 3 rings (SSSR count). The van der Waals surface area contributed by atoms with Crippen LogP contribution in [0.4, 0.5) is 0 Å². The summed E-state index contributed by atoms with van der Waals surface area (Å²) in [6, 6.07) is 8.30. The summed E-state index contributed by atoms with van der Waals surface area (Å²) >= 11 is 6.06. The summed E-state index contributed by atoms with van der Waals surface area (Å²) in [6.45, 7) is 15.2. The van der Waals surface area contributed by atoms with Gasteiger partial charge in [0.05, 0.1) is 0 Å². The number of benzene rings is 1. The topological polar surface area (TPSA) is 18.5 Å². The highest BCUT2D eigenvalue weighted by Gasteiger charge is 2.65. The Morgan fingerprint density at radius 2 is 1.57 bits per heavy atom. The largest absolute Gasteiger partial charge is 0.393 e. The van der Waals surface area contributed by atoms with E-state index in [4.69, 9.17) is 20.5 Å². The number of hydrogen-bond donors (Lipinski definition) is 0. The van der Waals surface area contributed by atoms with Gasteiger partial charge in [0.15, 0.2) is 0 Å². The standard InChI is InChI=1S/C19H29ClO2Si/c1-17(2,3)23(18(4,5)6)21-12-15-11-19(15,13-22-23)14-7-9-16(20)10-8-14/h7-10,15H,11-13H2,1-6H3. The van der Waals surface area contributed by atoms with Crippen LogP contribution < -0.4 is 0 Å². The minimum absolute atomic E-state index is 0.0449. The van der Waals surface area contributed by atoms with E-state index in [0.29, 0.717) is 5.92 Å².